The highest BCUT2D eigenvalue weighted by Gasteiger charge is 2.33. The van der Waals surface area contributed by atoms with Gasteiger partial charge in [-0.25, -0.2) is 4.79 Å². The maximum atomic E-state index is 12.0. The summed E-state index contributed by atoms with van der Waals surface area (Å²) in [4.78, 5) is 13.5. The number of rotatable bonds is 4. The van der Waals surface area contributed by atoms with Crippen LogP contribution in [0, 0.1) is 0 Å². The highest BCUT2D eigenvalue weighted by molar-refractivity contribution is 6.42. The van der Waals surface area contributed by atoms with E-state index in [2.05, 4.69) is 0 Å². The average Bonchev–Trinajstić information content (AvgIpc) is 2.90. The smallest absolute Gasteiger partial charge is 0.414 e. The molecule has 0 bridgehead atoms. The number of cyclic esters (lactones) is 1. The van der Waals surface area contributed by atoms with Crippen molar-refractivity contribution in [2.24, 2.45) is 0 Å². The highest BCUT2D eigenvalue weighted by Crippen LogP contribution is 2.29. The number of para-hydroxylation sites is 1. The number of hydrogen-bond acceptors (Lipinski definition) is 3. The Hall–Kier alpha value is -1.91. The van der Waals surface area contributed by atoms with E-state index < -0.39 is 6.09 Å². The summed E-state index contributed by atoms with van der Waals surface area (Å²) in [6.45, 7) is 0.706. The van der Waals surface area contributed by atoms with Crippen LogP contribution in [0.4, 0.5) is 10.5 Å². The van der Waals surface area contributed by atoms with Gasteiger partial charge in [0.2, 0.25) is 0 Å². The van der Waals surface area contributed by atoms with Crippen LogP contribution in [0.1, 0.15) is 0 Å². The number of hydrogen-bond donors (Lipinski definition) is 0. The third-order valence-electron chi connectivity index (χ3n) is 3.27. The summed E-state index contributed by atoms with van der Waals surface area (Å²) >= 11 is 11.9. The lowest BCUT2D eigenvalue weighted by Gasteiger charge is -2.14. The highest BCUT2D eigenvalue weighted by atomic mass is 35.5. The third-order valence-corrected chi connectivity index (χ3v) is 4.01. The van der Waals surface area contributed by atoms with E-state index in [1.165, 1.54) is 4.90 Å². The maximum absolute atomic E-state index is 12.0. The van der Waals surface area contributed by atoms with Gasteiger partial charge in [0, 0.05) is 5.69 Å². The van der Waals surface area contributed by atoms with Crippen molar-refractivity contribution in [1.29, 1.82) is 0 Å². The lowest BCUT2D eigenvalue weighted by Crippen LogP contribution is -2.26. The van der Waals surface area contributed by atoms with Crippen molar-refractivity contribution >= 4 is 35.0 Å². The quantitative estimate of drug-likeness (QED) is 0.830. The first kappa shape index (κ1) is 15.0. The number of carbonyl (C=O) groups excluding carboxylic acids is 1. The summed E-state index contributed by atoms with van der Waals surface area (Å²) in [5.41, 5.74) is 0.654. The molecule has 1 aliphatic rings. The molecule has 6 heteroatoms. The number of ether oxygens (including phenoxy) is 2. The second-order valence-electron chi connectivity index (χ2n) is 4.84. The maximum Gasteiger partial charge on any atom is 0.414 e. The van der Waals surface area contributed by atoms with E-state index in [1.54, 1.807) is 18.2 Å². The van der Waals surface area contributed by atoms with E-state index in [9.17, 15) is 4.79 Å². The molecule has 114 valence electrons. The molecule has 0 spiro atoms. The van der Waals surface area contributed by atoms with Crippen LogP contribution < -0.4 is 9.64 Å². The molecule has 0 N–H and O–H groups in total. The van der Waals surface area contributed by atoms with Gasteiger partial charge in [0.1, 0.15) is 12.4 Å². The van der Waals surface area contributed by atoms with Crippen LogP contribution in [-0.2, 0) is 4.74 Å². The number of nitrogens with zero attached hydrogens (tertiary/aromatic N) is 1. The zero-order chi connectivity index (χ0) is 15.5. The van der Waals surface area contributed by atoms with Crippen LogP contribution >= 0.6 is 23.2 Å². The van der Waals surface area contributed by atoms with E-state index in [4.69, 9.17) is 32.7 Å². The van der Waals surface area contributed by atoms with Gasteiger partial charge in [0.05, 0.1) is 16.6 Å². The molecule has 2 aromatic carbocycles. The average molecular weight is 338 g/mol. The van der Waals surface area contributed by atoms with Gasteiger partial charge >= 0.3 is 6.09 Å². The third kappa shape index (κ3) is 3.29. The monoisotopic (exact) mass is 337 g/mol. The van der Waals surface area contributed by atoms with Gasteiger partial charge in [-0.3, -0.25) is 4.90 Å². The van der Waals surface area contributed by atoms with Gasteiger partial charge in [-0.2, -0.15) is 0 Å². The number of anilines is 1. The topological polar surface area (TPSA) is 38.8 Å². The van der Waals surface area contributed by atoms with E-state index in [0.29, 0.717) is 28.9 Å². The van der Waals surface area contributed by atoms with Crippen molar-refractivity contribution in [2.75, 3.05) is 18.1 Å². The Morgan fingerprint density at radius 2 is 1.91 bits per heavy atom. The number of benzene rings is 2. The van der Waals surface area contributed by atoms with E-state index in [0.717, 1.165) is 5.75 Å². The van der Waals surface area contributed by atoms with Gasteiger partial charge < -0.3 is 9.47 Å². The predicted octanol–water partition coefficient (Wildman–Crippen LogP) is 4.40. The SMILES string of the molecule is O=C1O[C@@H](COc2ccccc2)CN1c1ccc(Cl)c(Cl)c1. The van der Waals surface area contributed by atoms with Crippen LogP contribution in [0.5, 0.6) is 5.75 Å². The fraction of sp³-hybridized carbons (Fsp3) is 0.188. The molecule has 2 aromatic rings. The molecule has 0 aliphatic carbocycles. The Labute approximate surface area is 138 Å². The Morgan fingerprint density at radius 3 is 2.64 bits per heavy atom. The molecular formula is C16H13Cl2NO3. The largest absolute Gasteiger partial charge is 0.490 e. The van der Waals surface area contributed by atoms with Crippen LogP contribution in [0.25, 0.3) is 0 Å². The van der Waals surface area contributed by atoms with Crippen molar-refractivity contribution in [3.63, 3.8) is 0 Å². The van der Waals surface area contributed by atoms with Crippen molar-refractivity contribution in [2.45, 2.75) is 6.10 Å². The van der Waals surface area contributed by atoms with Crippen LogP contribution in [-0.4, -0.2) is 25.3 Å². The molecule has 1 saturated heterocycles. The molecule has 0 saturated carbocycles. The minimum absolute atomic E-state index is 0.299. The molecule has 1 amide bonds. The van der Waals surface area contributed by atoms with Gasteiger partial charge in [0.15, 0.2) is 6.10 Å². The normalized spacial score (nSPS) is 17.5. The second kappa shape index (κ2) is 6.46. The Bertz CT molecular complexity index is 678. The van der Waals surface area contributed by atoms with Crippen LogP contribution in [0.15, 0.2) is 48.5 Å². The van der Waals surface area contributed by atoms with E-state index >= 15 is 0 Å². The van der Waals surface area contributed by atoms with Gasteiger partial charge in [-0.1, -0.05) is 41.4 Å². The summed E-state index contributed by atoms with van der Waals surface area (Å²) in [6.07, 6.45) is -0.748. The molecule has 1 aliphatic heterocycles. The van der Waals surface area contributed by atoms with Crippen molar-refractivity contribution in [3.05, 3.63) is 58.6 Å². The predicted molar refractivity (Wildman–Crippen MR) is 86.0 cm³/mol. The van der Waals surface area contributed by atoms with Gasteiger partial charge in [-0.05, 0) is 30.3 Å². The lowest BCUT2D eigenvalue weighted by molar-refractivity contribution is 0.105. The summed E-state index contributed by atoms with van der Waals surface area (Å²) in [6, 6.07) is 14.4. The molecule has 4 nitrogen and oxygen atoms in total. The summed E-state index contributed by atoms with van der Waals surface area (Å²) < 4.78 is 10.9. The molecule has 1 heterocycles. The van der Waals surface area contributed by atoms with Gasteiger partial charge in [0.25, 0.3) is 0 Å². The standard InChI is InChI=1S/C16H13Cl2NO3/c17-14-7-6-11(8-15(14)18)19-9-13(22-16(19)20)10-21-12-4-2-1-3-5-12/h1-8,13H,9-10H2/t13-/m1/s1. The molecule has 3 rings (SSSR count). The number of amides is 1. The molecule has 22 heavy (non-hydrogen) atoms. The molecule has 0 unspecified atom stereocenters. The van der Waals surface area contributed by atoms with E-state index in [1.807, 2.05) is 30.3 Å². The molecule has 1 fully saturated rings. The minimum Gasteiger partial charge on any atom is -0.490 e. The zero-order valence-electron chi connectivity index (χ0n) is 11.5. The van der Waals surface area contributed by atoms with Crippen molar-refractivity contribution in [3.8, 4) is 5.75 Å². The molecule has 1 atom stereocenters. The molecule has 0 radical (unpaired) electrons. The van der Waals surface area contributed by atoms with Crippen molar-refractivity contribution in [1.82, 2.24) is 0 Å². The zero-order valence-corrected chi connectivity index (χ0v) is 13.1. The van der Waals surface area contributed by atoms with Crippen molar-refractivity contribution < 1.29 is 14.3 Å². The summed E-state index contributed by atoms with van der Waals surface area (Å²) in [5, 5.41) is 0.845. The van der Waals surface area contributed by atoms with Crippen LogP contribution in [0.3, 0.4) is 0 Å². The Morgan fingerprint density at radius 1 is 1.14 bits per heavy atom. The fourth-order valence-corrected chi connectivity index (χ4v) is 2.47. The van der Waals surface area contributed by atoms with Crippen LogP contribution in [0.2, 0.25) is 10.0 Å². The summed E-state index contributed by atoms with van der Waals surface area (Å²) in [7, 11) is 0. The second-order valence-corrected chi connectivity index (χ2v) is 5.65. The Balaban J connectivity index is 1.64. The summed E-state index contributed by atoms with van der Waals surface area (Å²) in [5.74, 6) is 0.742. The molecular weight excluding hydrogens is 325 g/mol. The fourth-order valence-electron chi connectivity index (χ4n) is 2.18. The minimum atomic E-state index is -0.417. The molecule has 0 aromatic heterocycles. The Kier molecular flexibility index (Phi) is 4.41. The lowest BCUT2D eigenvalue weighted by atomic mass is 10.2. The first-order valence-corrected chi connectivity index (χ1v) is 7.50. The first-order chi connectivity index (χ1) is 10.6. The first-order valence-electron chi connectivity index (χ1n) is 6.74. The number of halogens is 2. The number of carbonyl (C=O) groups is 1. The van der Waals surface area contributed by atoms with Gasteiger partial charge in [-0.15, -0.1) is 0 Å². The van der Waals surface area contributed by atoms with E-state index in [-0.39, 0.29) is 6.10 Å².